The fraction of sp³-hybridized carbons (Fsp3) is 0.0526. The van der Waals surface area contributed by atoms with Crippen molar-refractivity contribution in [3.63, 3.8) is 0 Å². The summed E-state index contributed by atoms with van der Waals surface area (Å²) in [7, 11) is 0. The summed E-state index contributed by atoms with van der Waals surface area (Å²) in [6, 6.07) is 16.0. The summed E-state index contributed by atoms with van der Waals surface area (Å²) >= 11 is 0. The van der Waals surface area contributed by atoms with Crippen molar-refractivity contribution in [1.82, 2.24) is 9.97 Å². The lowest BCUT2D eigenvalue weighted by Gasteiger charge is -2.09. The third-order valence-corrected chi connectivity index (χ3v) is 3.61. The average Bonchev–Trinajstić information content (AvgIpc) is 2.63. The number of carbonyl (C=O) groups excluding carboxylic acids is 2. The summed E-state index contributed by atoms with van der Waals surface area (Å²) in [5.74, 6) is -0.451. The normalized spacial score (nSPS) is 10.3. The number of hydrogen-bond donors (Lipinski definition) is 2. The molecule has 0 aliphatic heterocycles. The second-order valence-electron chi connectivity index (χ2n) is 5.45. The lowest BCUT2D eigenvalue weighted by atomic mass is 10.1. The second kappa shape index (κ2) is 6.92. The maximum Gasteiger partial charge on any atom is 0.278 e. The van der Waals surface area contributed by atoms with Gasteiger partial charge in [-0.25, -0.2) is 9.97 Å². The number of benzene rings is 2. The van der Waals surface area contributed by atoms with Crippen molar-refractivity contribution in [2.45, 2.75) is 6.92 Å². The predicted molar refractivity (Wildman–Crippen MR) is 103 cm³/mol. The number of nitrogens with two attached hydrogens (primary N) is 1. The van der Waals surface area contributed by atoms with Gasteiger partial charge in [-0.1, -0.05) is 36.4 Å². The molecule has 3 N–H and O–H groups in total. The minimum absolute atomic E-state index is 0. The van der Waals surface area contributed by atoms with Gasteiger partial charge in [0.2, 0.25) is 0 Å². The van der Waals surface area contributed by atoms with Crippen LogP contribution in [0.15, 0.2) is 60.8 Å². The van der Waals surface area contributed by atoms with Gasteiger partial charge < -0.3 is 11.1 Å². The maximum atomic E-state index is 12.4. The van der Waals surface area contributed by atoms with Crippen LogP contribution in [0.25, 0.3) is 11.3 Å². The Kier molecular flexibility index (Phi) is 4.52. The molecule has 0 saturated carbocycles. The molecule has 6 nitrogen and oxygen atoms in total. The van der Waals surface area contributed by atoms with Crippen LogP contribution in [0.1, 0.15) is 32.1 Å². The molecular weight excluding hydrogens is 316 g/mol. The highest BCUT2D eigenvalue weighted by molar-refractivity contribution is 6.06. The summed E-state index contributed by atoms with van der Waals surface area (Å²) in [5.41, 5.74) is 8.20. The number of rotatable bonds is 4. The third kappa shape index (κ3) is 3.69. The first kappa shape index (κ1) is 16.3. The highest BCUT2D eigenvalue weighted by Gasteiger charge is 2.15. The van der Waals surface area contributed by atoms with E-state index in [1.807, 2.05) is 18.2 Å². The van der Waals surface area contributed by atoms with Crippen molar-refractivity contribution in [2.75, 3.05) is 11.1 Å². The number of hydrogen-bond acceptors (Lipinski definition) is 5. The van der Waals surface area contributed by atoms with Crippen LogP contribution in [0.5, 0.6) is 0 Å². The van der Waals surface area contributed by atoms with Crippen LogP contribution >= 0.6 is 0 Å². The number of nitrogens with one attached hydrogen (secondary N) is 1. The Bertz CT molecular complexity index is 953. The molecule has 0 bridgehead atoms. The zero-order valence-electron chi connectivity index (χ0n) is 13.6. The van der Waals surface area contributed by atoms with Gasteiger partial charge in [0.25, 0.3) is 5.91 Å². The Labute approximate surface area is 149 Å². The highest BCUT2D eigenvalue weighted by atomic mass is 16.2. The average molecular weight is 338 g/mol. The monoisotopic (exact) mass is 338 g/mol. The van der Waals surface area contributed by atoms with E-state index in [4.69, 9.17) is 5.73 Å². The predicted octanol–water partition coefficient (Wildman–Crippen LogP) is 3.92. The van der Waals surface area contributed by atoms with Gasteiger partial charge >= 0.3 is 0 Å². The van der Waals surface area contributed by atoms with Crippen LogP contribution in [-0.4, -0.2) is 21.7 Å². The number of nitrogen functional groups attached to an aromatic ring is 1. The van der Waals surface area contributed by atoms with Crippen LogP contribution < -0.4 is 11.1 Å². The molecule has 6 heteroatoms. The first-order valence-corrected chi connectivity index (χ1v) is 7.65. The van der Waals surface area contributed by atoms with Gasteiger partial charge in [-0.2, -0.15) is 0 Å². The Hall–Kier alpha value is -3.54. The minimum atomic E-state index is -0.444. The van der Waals surface area contributed by atoms with E-state index in [2.05, 4.69) is 15.3 Å². The van der Waals surface area contributed by atoms with Gasteiger partial charge in [-0.15, -0.1) is 0 Å². The number of para-hydroxylation sites is 1. The van der Waals surface area contributed by atoms with E-state index in [0.29, 0.717) is 22.5 Å². The van der Waals surface area contributed by atoms with Crippen molar-refractivity contribution in [2.24, 2.45) is 0 Å². The number of aromatic nitrogens is 2. The van der Waals surface area contributed by atoms with Gasteiger partial charge in [0, 0.05) is 21.1 Å². The van der Waals surface area contributed by atoms with E-state index in [1.54, 1.807) is 36.4 Å². The largest absolute Gasteiger partial charge is 0.382 e. The van der Waals surface area contributed by atoms with E-state index >= 15 is 0 Å². The first-order chi connectivity index (χ1) is 12.0. The van der Waals surface area contributed by atoms with E-state index in [0.717, 1.165) is 0 Å². The number of anilines is 2. The number of amides is 1. The van der Waals surface area contributed by atoms with Gasteiger partial charge in [-0.3, -0.25) is 9.59 Å². The van der Waals surface area contributed by atoms with Gasteiger partial charge in [0.15, 0.2) is 17.3 Å². The van der Waals surface area contributed by atoms with Crippen LogP contribution in [0, 0.1) is 0 Å². The molecule has 2 aromatic carbocycles. The topological polar surface area (TPSA) is 98.0 Å². The minimum Gasteiger partial charge on any atom is -0.382 e. The number of carbonyl (C=O) groups is 2. The van der Waals surface area contributed by atoms with Crippen LogP contribution in [0.4, 0.5) is 11.5 Å². The van der Waals surface area contributed by atoms with Gasteiger partial charge in [0.1, 0.15) is 0 Å². The molecular formula is C19H22N4O2. The summed E-state index contributed by atoms with van der Waals surface area (Å²) in [5, 5.41) is 2.73. The first-order valence-electron chi connectivity index (χ1n) is 7.65. The summed E-state index contributed by atoms with van der Waals surface area (Å²) in [6.07, 6.45) is 1.48. The summed E-state index contributed by atoms with van der Waals surface area (Å²) < 4.78 is 0. The molecule has 3 aromatic rings. The van der Waals surface area contributed by atoms with Crippen LogP contribution in [0.2, 0.25) is 0 Å². The molecule has 1 aromatic heterocycles. The smallest absolute Gasteiger partial charge is 0.278 e. The molecule has 0 aliphatic rings. The molecule has 0 saturated heterocycles. The molecule has 130 valence electrons. The number of ketones is 1. The highest BCUT2D eigenvalue weighted by Crippen LogP contribution is 2.20. The van der Waals surface area contributed by atoms with E-state index in [-0.39, 0.29) is 21.6 Å². The second-order valence-corrected chi connectivity index (χ2v) is 5.45. The molecule has 0 spiro atoms. The van der Waals surface area contributed by atoms with E-state index < -0.39 is 5.91 Å². The fourth-order valence-electron chi connectivity index (χ4n) is 2.31. The summed E-state index contributed by atoms with van der Waals surface area (Å²) in [6.45, 7) is 1.49. The molecule has 25 heavy (non-hydrogen) atoms. The molecule has 0 radical (unpaired) electrons. The van der Waals surface area contributed by atoms with Crippen LogP contribution in [0.3, 0.4) is 0 Å². The Morgan fingerprint density at radius 1 is 1.08 bits per heavy atom. The standard InChI is InChI=1S/C19H16N4O2.3H2/c1-12(24)13-6-5-7-14(10-13)16-11-21-18(20)17(23-16)19(25)22-15-8-3-2-4-9-15;;;/h2-11H,1H3,(H2,20,21)(H,22,25);3*1H. The van der Waals surface area contributed by atoms with Crippen molar-refractivity contribution < 1.29 is 13.9 Å². The lowest BCUT2D eigenvalue weighted by molar-refractivity contribution is 0.101. The van der Waals surface area contributed by atoms with Crippen molar-refractivity contribution in [3.8, 4) is 11.3 Å². The van der Waals surface area contributed by atoms with Gasteiger partial charge in [-0.05, 0) is 25.1 Å². The molecule has 0 aliphatic carbocycles. The number of nitrogens with zero attached hydrogens (tertiary/aromatic N) is 2. The zero-order valence-corrected chi connectivity index (χ0v) is 13.6. The quantitative estimate of drug-likeness (QED) is 0.703. The SMILES string of the molecule is CC(=O)c1cccc(-c2cnc(N)c(C(=O)Nc3ccccc3)n2)c1.[HH].[HH].[HH]. The molecule has 3 rings (SSSR count). The maximum absolute atomic E-state index is 12.4. The van der Waals surface area contributed by atoms with E-state index in [9.17, 15) is 9.59 Å². The van der Waals surface area contributed by atoms with Crippen LogP contribution in [-0.2, 0) is 0 Å². The lowest BCUT2D eigenvalue weighted by Crippen LogP contribution is -2.17. The van der Waals surface area contributed by atoms with Crippen molar-refractivity contribution in [1.29, 1.82) is 0 Å². The summed E-state index contributed by atoms with van der Waals surface area (Å²) in [4.78, 5) is 32.4. The van der Waals surface area contributed by atoms with Gasteiger partial charge in [0.05, 0.1) is 11.9 Å². The molecule has 0 fully saturated rings. The Morgan fingerprint density at radius 2 is 1.84 bits per heavy atom. The number of Topliss-reactive ketones (excluding diaryl/α,β-unsaturated/α-hetero) is 1. The van der Waals surface area contributed by atoms with Crippen molar-refractivity contribution in [3.05, 3.63) is 72.1 Å². The molecule has 1 heterocycles. The fourth-order valence-corrected chi connectivity index (χ4v) is 2.31. The molecule has 0 atom stereocenters. The molecule has 0 unspecified atom stereocenters. The van der Waals surface area contributed by atoms with E-state index in [1.165, 1.54) is 13.1 Å². The Morgan fingerprint density at radius 3 is 2.56 bits per heavy atom. The zero-order chi connectivity index (χ0) is 17.8. The third-order valence-electron chi connectivity index (χ3n) is 3.61. The van der Waals surface area contributed by atoms with Crippen molar-refractivity contribution >= 4 is 23.2 Å². The Balaban J connectivity index is 0.00000243. The molecule has 1 amide bonds.